The minimum atomic E-state index is -0.399. The Kier molecular flexibility index (Phi) is 7.64. The number of nitrogens with zero attached hydrogens (tertiary/aromatic N) is 3. The van der Waals surface area contributed by atoms with Gasteiger partial charge in [-0.1, -0.05) is 47.1 Å². The molecule has 0 saturated carbocycles. The van der Waals surface area contributed by atoms with E-state index in [9.17, 15) is 4.79 Å². The topological polar surface area (TPSA) is 69.0 Å². The lowest BCUT2D eigenvalue weighted by molar-refractivity contribution is -0.113. The van der Waals surface area contributed by atoms with Crippen LogP contribution in [0.4, 0.5) is 5.69 Å². The van der Waals surface area contributed by atoms with Crippen LogP contribution in [0.5, 0.6) is 5.75 Å². The molecular formula is C21H22Cl2N4O2S. The normalized spacial score (nSPS) is 11.9. The first-order valence-corrected chi connectivity index (χ1v) is 11.2. The van der Waals surface area contributed by atoms with Crippen molar-refractivity contribution in [1.29, 1.82) is 0 Å². The van der Waals surface area contributed by atoms with Crippen LogP contribution in [0.25, 0.3) is 0 Å². The van der Waals surface area contributed by atoms with Crippen LogP contribution >= 0.6 is 35.0 Å². The van der Waals surface area contributed by atoms with Crippen LogP contribution in [0.3, 0.4) is 0 Å². The van der Waals surface area contributed by atoms with Gasteiger partial charge < -0.3 is 14.6 Å². The van der Waals surface area contributed by atoms with Crippen molar-refractivity contribution < 1.29 is 9.53 Å². The molecule has 2 aromatic carbocycles. The average Bonchev–Trinajstić information content (AvgIpc) is 3.12. The zero-order valence-electron chi connectivity index (χ0n) is 16.9. The fourth-order valence-corrected chi connectivity index (χ4v) is 4.00. The summed E-state index contributed by atoms with van der Waals surface area (Å²) < 4.78 is 7.88. The zero-order valence-corrected chi connectivity index (χ0v) is 19.2. The molecule has 0 spiro atoms. The maximum atomic E-state index is 12.3. The van der Waals surface area contributed by atoms with Crippen molar-refractivity contribution in [3.63, 3.8) is 0 Å². The average molecular weight is 465 g/mol. The van der Waals surface area contributed by atoms with Gasteiger partial charge in [0.2, 0.25) is 5.91 Å². The largest absolute Gasteiger partial charge is 0.481 e. The van der Waals surface area contributed by atoms with Crippen LogP contribution in [-0.4, -0.2) is 26.4 Å². The van der Waals surface area contributed by atoms with Gasteiger partial charge in [0.05, 0.1) is 10.8 Å². The van der Waals surface area contributed by atoms with E-state index in [1.807, 2.05) is 49.6 Å². The fourth-order valence-electron chi connectivity index (χ4n) is 2.87. The molecule has 0 saturated heterocycles. The second-order valence-corrected chi connectivity index (χ2v) is 8.41. The highest BCUT2D eigenvalue weighted by Gasteiger charge is 2.20. The number of carbonyl (C=O) groups excluding carboxylic acids is 1. The Hall–Kier alpha value is -2.22. The van der Waals surface area contributed by atoms with Gasteiger partial charge in [0.15, 0.2) is 17.1 Å². The van der Waals surface area contributed by atoms with E-state index in [4.69, 9.17) is 27.9 Å². The second-order valence-electron chi connectivity index (χ2n) is 6.63. The summed E-state index contributed by atoms with van der Waals surface area (Å²) >= 11 is 13.6. The summed E-state index contributed by atoms with van der Waals surface area (Å²) in [6.45, 7) is 6.48. The Bertz CT molecular complexity index is 1040. The van der Waals surface area contributed by atoms with E-state index < -0.39 is 6.10 Å². The van der Waals surface area contributed by atoms with E-state index in [1.54, 1.807) is 18.2 Å². The molecule has 0 aliphatic rings. The molecule has 30 heavy (non-hydrogen) atoms. The number of carbonyl (C=O) groups is 1. The number of nitrogens with one attached hydrogen (secondary N) is 1. The van der Waals surface area contributed by atoms with Crippen LogP contribution < -0.4 is 10.1 Å². The molecule has 3 aromatic rings. The molecule has 1 amide bonds. The minimum absolute atomic E-state index is 0.104. The molecule has 1 aromatic heterocycles. The van der Waals surface area contributed by atoms with Gasteiger partial charge in [-0.3, -0.25) is 4.79 Å². The number of aryl methyl sites for hydroxylation is 1. The number of anilines is 1. The number of rotatable bonds is 8. The van der Waals surface area contributed by atoms with Crippen LogP contribution in [0.15, 0.2) is 47.6 Å². The Morgan fingerprint density at radius 2 is 2.03 bits per heavy atom. The molecule has 9 heteroatoms. The lowest BCUT2D eigenvalue weighted by atomic mass is 10.2. The molecule has 0 fully saturated rings. The molecular weight excluding hydrogens is 443 g/mol. The number of hydrogen-bond donors (Lipinski definition) is 1. The second kappa shape index (κ2) is 10.2. The van der Waals surface area contributed by atoms with E-state index in [0.29, 0.717) is 33.3 Å². The van der Waals surface area contributed by atoms with Crippen LogP contribution in [0, 0.1) is 6.92 Å². The van der Waals surface area contributed by atoms with E-state index in [1.165, 1.54) is 11.8 Å². The van der Waals surface area contributed by atoms with E-state index in [0.717, 1.165) is 11.3 Å². The summed E-state index contributed by atoms with van der Waals surface area (Å²) in [5, 5.41) is 13.1. The molecule has 1 unspecified atom stereocenters. The molecule has 1 atom stereocenters. The minimum Gasteiger partial charge on any atom is -0.481 e. The third-order valence-corrected chi connectivity index (χ3v) is 5.77. The van der Waals surface area contributed by atoms with Gasteiger partial charge >= 0.3 is 0 Å². The molecule has 1 N–H and O–H groups in total. The lowest BCUT2D eigenvalue weighted by Gasteiger charge is -2.16. The summed E-state index contributed by atoms with van der Waals surface area (Å²) in [6, 6.07) is 12.7. The van der Waals surface area contributed by atoms with Gasteiger partial charge in [0.1, 0.15) is 5.75 Å². The summed E-state index contributed by atoms with van der Waals surface area (Å²) in [6.07, 6.45) is -0.399. The van der Waals surface area contributed by atoms with Crippen LogP contribution in [0.1, 0.15) is 31.3 Å². The number of thioether (sulfide) groups is 1. The highest BCUT2D eigenvalue weighted by atomic mass is 35.5. The molecule has 158 valence electrons. The summed E-state index contributed by atoms with van der Waals surface area (Å²) in [5.74, 6) is 1.25. The Balaban J connectivity index is 1.66. The predicted molar refractivity (Wildman–Crippen MR) is 122 cm³/mol. The van der Waals surface area contributed by atoms with Crippen LogP contribution in [-0.2, 0) is 11.3 Å². The predicted octanol–water partition coefficient (Wildman–Crippen LogP) is 5.78. The monoisotopic (exact) mass is 464 g/mol. The van der Waals surface area contributed by atoms with Gasteiger partial charge in [0, 0.05) is 23.3 Å². The van der Waals surface area contributed by atoms with Gasteiger partial charge in [0.25, 0.3) is 0 Å². The standard InChI is InChI=1S/C21H22Cl2N4O2S/c1-4-27-20(14(3)29-18-11-15(22)8-9-17(18)23)25-26-21(27)30-12-19(28)24-16-7-5-6-13(2)10-16/h5-11,14H,4,12H2,1-3H3,(H,24,28). The molecule has 0 aliphatic carbocycles. The number of ether oxygens (including phenoxy) is 1. The number of halogens is 2. The van der Waals surface area contributed by atoms with Crippen molar-refractivity contribution in [3.05, 3.63) is 63.9 Å². The summed E-state index contributed by atoms with van der Waals surface area (Å²) in [4.78, 5) is 12.3. The maximum absolute atomic E-state index is 12.3. The van der Waals surface area contributed by atoms with Gasteiger partial charge in [-0.15, -0.1) is 10.2 Å². The molecule has 1 heterocycles. The van der Waals surface area contributed by atoms with Crippen molar-refractivity contribution in [2.45, 2.75) is 38.6 Å². The van der Waals surface area contributed by atoms with Gasteiger partial charge in [-0.2, -0.15) is 0 Å². The van der Waals surface area contributed by atoms with Gasteiger partial charge in [-0.05, 0) is 50.6 Å². The zero-order chi connectivity index (χ0) is 21.7. The molecule has 6 nitrogen and oxygen atoms in total. The third-order valence-electron chi connectivity index (χ3n) is 4.26. The van der Waals surface area contributed by atoms with Crippen molar-refractivity contribution in [1.82, 2.24) is 14.8 Å². The van der Waals surface area contributed by atoms with Crippen molar-refractivity contribution >= 4 is 46.6 Å². The van der Waals surface area contributed by atoms with Crippen molar-refractivity contribution in [2.24, 2.45) is 0 Å². The van der Waals surface area contributed by atoms with Crippen LogP contribution in [0.2, 0.25) is 10.0 Å². The van der Waals surface area contributed by atoms with Crippen molar-refractivity contribution in [2.75, 3.05) is 11.1 Å². The Morgan fingerprint density at radius 3 is 2.77 bits per heavy atom. The smallest absolute Gasteiger partial charge is 0.234 e. The van der Waals surface area contributed by atoms with E-state index in [-0.39, 0.29) is 11.7 Å². The van der Waals surface area contributed by atoms with E-state index >= 15 is 0 Å². The Morgan fingerprint density at radius 1 is 1.23 bits per heavy atom. The fraction of sp³-hybridized carbons (Fsp3) is 0.286. The highest BCUT2D eigenvalue weighted by molar-refractivity contribution is 7.99. The summed E-state index contributed by atoms with van der Waals surface area (Å²) in [5.41, 5.74) is 1.86. The molecule has 0 bridgehead atoms. The SMILES string of the molecule is CCn1c(SCC(=O)Nc2cccc(C)c2)nnc1C(C)Oc1cc(Cl)ccc1Cl. The third kappa shape index (κ3) is 5.68. The number of benzene rings is 2. The first-order valence-electron chi connectivity index (χ1n) is 9.41. The Labute approximate surface area is 189 Å². The number of amides is 1. The first kappa shape index (κ1) is 22.5. The maximum Gasteiger partial charge on any atom is 0.234 e. The van der Waals surface area contributed by atoms with E-state index in [2.05, 4.69) is 15.5 Å². The molecule has 3 rings (SSSR count). The first-order chi connectivity index (χ1) is 14.4. The molecule has 0 aliphatic heterocycles. The lowest BCUT2D eigenvalue weighted by Crippen LogP contribution is -2.15. The van der Waals surface area contributed by atoms with Crippen molar-refractivity contribution in [3.8, 4) is 5.75 Å². The number of aromatic nitrogens is 3. The highest BCUT2D eigenvalue weighted by Crippen LogP contribution is 2.32. The van der Waals surface area contributed by atoms with Gasteiger partial charge in [-0.25, -0.2) is 0 Å². The molecule has 0 radical (unpaired) electrons. The summed E-state index contributed by atoms with van der Waals surface area (Å²) in [7, 11) is 0. The number of hydrogen-bond acceptors (Lipinski definition) is 5. The quantitative estimate of drug-likeness (QED) is 0.427.